The maximum atomic E-state index is 5.78. The highest BCUT2D eigenvalue weighted by atomic mass is 16.5. The van der Waals surface area contributed by atoms with Gasteiger partial charge in [0.25, 0.3) is 0 Å². The summed E-state index contributed by atoms with van der Waals surface area (Å²) < 4.78 is 5.78. The minimum atomic E-state index is 0.592. The molecule has 0 amide bonds. The lowest BCUT2D eigenvalue weighted by Gasteiger charge is -2.13. The zero-order valence-corrected chi connectivity index (χ0v) is 11.5. The molecule has 0 saturated heterocycles. The molecule has 1 aromatic rings. The van der Waals surface area contributed by atoms with E-state index in [-0.39, 0.29) is 0 Å². The van der Waals surface area contributed by atoms with Crippen molar-refractivity contribution in [2.45, 2.75) is 34.1 Å². The quantitative estimate of drug-likeness (QED) is 0.699. The van der Waals surface area contributed by atoms with Gasteiger partial charge in [-0.15, -0.1) is 0 Å². The third-order valence-corrected chi connectivity index (χ3v) is 2.87. The van der Waals surface area contributed by atoms with Gasteiger partial charge in [-0.25, -0.2) is 0 Å². The summed E-state index contributed by atoms with van der Waals surface area (Å²) >= 11 is 0. The van der Waals surface area contributed by atoms with Gasteiger partial charge >= 0.3 is 0 Å². The molecule has 0 unspecified atom stereocenters. The molecule has 1 nitrogen and oxygen atoms in total. The number of hydrogen-bond acceptors (Lipinski definition) is 1. The van der Waals surface area contributed by atoms with E-state index >= 15 is 0 Å². The van der Waals surface area contributed by atoms with E-state index in [1.54, 1.807) is 0 Å². The maximum absolute atomic E-state index is 5.78. The summed E-state index contributed by atoms with van der Waals surface area (Å²) in [5.74, 6) is 0.592. The topological polar surface area (TPSA) is 9.23 Å². The highest BCUT2D eigenvalue weighted by Gasteiger charge is 2.05. The van der Waals surface area contributed by atoms with Gasteiger partial charge in [0.1, 0.15) is 0 Å². The molecule has 17 heavy (non-hydrogen) atoms. The molecule has 0 bridgehead atoms. The van der Waals surface area contributed by atoms with Crippen LogP contribution in [0.1, 0.15) is 39.7 Å². The van der Waals surface area contributed by atoms with Gasteiger partial charge in [-0.3, -0.25) is 0 Å². The molecule has 0 saturated carbocycles. The average molecular weight is 232 g/mol. The summed E-state index contributed by atoms with van der Waals surface area (Å²) in [5, 5.41) is 0. The van der Waals surface area contributed by atoms with Gasteiger partial charge in [0.2, 0.25) is 0 Å². The molecule has 0 atom stereocenters. The number of ether oxygens (including phenoxy) is 1. The van der Waals surface area contributed by atoms with Crippen LogP contribution < -0.4 is 0 Å². The molecule has 0 aliphatic rings. The van der Waals surface area contributed by atoms with Gasteiger partial charge in [0, 0.05) is 6.61 Å². The summed E-state index contributed by atoms with van der Waals surface area (Å²) in [5.41, 5.74) is 4.05. The second kappa shape index (κ2) is 7.29. The molecule has 0 heterocycles. The Bertz CT molecular complexity index is 349. The molecular weight excluding hydrogens is 208 g/mol. The third kappa shape index (κ3) is 4.74. The second-order valence-electron chi connectivity index (χ2n) is 4.89. The first-order valence-electron chi connectivity index (χ1n) is 6.47. The van der Waals surface area contributed by atoms with Crippen LogP contribution in [0, 0.1) is 5.92 Å². The summed E-state index contributed by atoms with van der Waals surface area (Å²) in [6.07, 6.45) is 1.08. The number of allylic oxidation sites excluding steroid dienone is 1. The fourth-order valence-electron chi connectivity index (χ4n) is 1.70. The normalized spacial score (nSPS) is 12.8. The van der Waals surface area contributed by atoms with E-state index in [2.05, 4.69) is 58.0 Å². The van der Waals surface area contributed by atoms with Crippen LogP contribution in [-0.4, -0.2) is 13.2 Å². The Hall–Kier alpha value is -1.08. The third-order valence-electron chi connectivity index (χ3n) is 2.87. The van der Waals surface area contributed by atoms with Gasteiger partial charge in [0.05, 0.1) is 6.61 Å². The fourth-order valence-corrected chi connectivity index (χ4v) is 1.70. The van der Waals surface area contributed by atoms with Crippen LogP contribution in [0.3, 0.4) is 0 Å². The minimum Gasteiger partial charge on any atom is -0.376 e. The molecule has 0 aromatic heterocycles. The van der Waals surface area contributed by atoms with Crippen LogP contribution in [-0.2, 0) is 4.74 Å². The Morgan fingerprint density at radius 1 is 1.18 bits per heavy atom. The van der Waals surface area contributed by atoms with E-state index in [9.17, 15) is 0 Å². The molecule has 0 N–H and O–H groups in total. The van der Waals surface area contributed by atoms with Crippen molar-refractivity contribution in [1.82, 2.24) is 0 Å². The number of hydrogen-bond donors (Lipinski definition) is 0. The Morgan fingerprint density at radius 3 is 2.35 bits per heavy atom. The SMILES string of the molecule is CC/C(C)=C(/COCC(C)C)c1ccccc1. The molecule has 0 aliphatic heterocycles. The van der Waals surface area contributed by atoms with Gasteiger partial charge in [-0.05, 0) is 30.4 Å². The van der Waals surface area contributed by atoms with Crippen molar-refractivity contribution in [1.29, 1.82) is 0 Å². The van der Waals surface area contributed by atoms with Crippen molar-refractivity contribution in [3.63, 3.8) is 0 Å². The van der Waals surface area contributed by atoms with E-state index < -0.39 is 0 Å². The van der Waals surface area contributed by atoms with Crippen LogP contribution in [0.15, 0.2) is 35.9 Å². The largest absolute Gasteiger partial charge is 0.376 e. The molecule has 0 aliphatic carbocycles. The number of rotatable bonds is 6. The molecule has 0 fully saturated rings. The van der Waals surface area contributed by atoms with Gasteiger partial charge in [0.15, 0.2) is 0 Å². The molecule has 0 radical (unpaired) electrons. The summed E-state index contributed by atoms with van der Waals surface area (Å²) in [7, 11) is 0. The molecule has 1 heteroatoms. The smallest absolute Gasteiger partial charge is 0.0722 e. The Balaban J connectivity index is 2.77. The van der Waals surface area contributed by atoms with Crippen molar-refractivity contribution < 1.29 is 4.74 Å². The zero-order chi connectivity index (χ0) is 12.7. The number of benzene rings is 1. The standard InChI is InChI=1S/C16H24O/c1-5-14(4)16(12-17-11-13(2)3)15-9-7-6-8-10-15/h6-10,13H,5,11-12H2,1-4H3/b16-14-. The molecule has 94 valence electrons. The highest BCUT2D eigenvalue weighted by molar-refractivity contribution is 5.69. The summed E-state index contributed by atoms with van der Waals surface area (Å²) in [4.78, 5) is 0. The van der Waals surface area contributed by atoms with E-state index in [0.29, 0.717) is 5.92 Å². The van der Waals surface area contributed by atoms with E-state index in [1.165, 1.54) is 16.7 Å². The van der Waals surface area contributed by atoms with Crippen LogP contribution in [0.25, 0.3) is 5.57 Å². The maximum Gasteiger partial charge on any atom is 0.0722 e. The van der Waals surface area contributed by atoms with Gasteiger partial charge < -0.3 is 4.74 Å². The molecular formula is C16H24O. The van der Waals surface area contributed by atoms with Crippen molar-refractivity contribution in [2.75, 3.05) is 13.2 Å². The van der Waals surface area contributed by atoms with E-state index in [1.807, 2.05) is 0 Å². The minimum absolute atomic E-state index is 0.592. The fraction of sp³-hybridized carbons (Fsp3) is 0.500. The van der Waals surface area contributed by atoms with Crippen LogP contribution >= 0.6 is 0 Å². The first-order chi connectivity index (χ1) is 8.15. The first-order valence-corrected chi connectivity index (χ1v) is 6.47. The highest BCUT2D eigenvalue weighted by Crippen LogP contribution is 2.21. The molecule has 1 rings (SSSR count). The lowest BCUT2D eigenvalue weighted by atomic mass is 10.00. The first kappa shape index (κ1) is 14.0. The van der Waals surface area contributed by atoms with E-state index in [4.69, 9.17) is 4.74 Å². The van der Waals surface area contributed by atoms with Crippen molar-refractivity contribution in [3.05, 3.63) is 41.5 Å². The molecule has 0 spiro atoms. The monoisotopic (exact) mass is 232 g/mol. The predicted molar refractivity (Wildman–Crippen MR) is 75.0 cm³/mol. The molecule has 1 aromatic carbocycles. The Labute approximate surface area is 106 Å². The Kier molecular flexibility index (Phi) is 5.99. The van der Waals surface area contributed by atoms with Gasteiger partial charge in [-0.1, -0.05) is 56.7 Å². The van der Waals surface area contributed by atoms with Crippen LogP contribution in [0.5, 0.6) is 0 Å². The van der Waals surface area contributed by atoms with Crippen molar-refractivity contribution >= 4 is 5.57 Å². The van der Waals surface area contributed by atoms with Crippen molar-refractivity contribution in [3.8, 4) is 0 Å². The lowest BCUT2D eigenvalue weighted by Crippen LogP contribution is -2.06. The average Bonchev–Trinajstić information content (AvgIpc) is 2.34. The van der Waals surface area contributed by atoms with Gasteiger partial charge in [-0.2, -0.15) is 0 Å². The van der Waals surface area contributed by atoms with E-state index in [0.717, 1.165) is 19.6 Å². The van der Waals surface area contributed by atoms with Crippen LogP contribution in [0.4, 0.5) is 0 Å². The second-order valence-corrected chi connectivity index (χ2v) is 4.89. The summed E-state index contributed by atoms with van der Waals surface area (Å²) in [6.45, 7) is 10.3. The summed E-state index contributed by atoms with van der Waals surface area (Å²) in [6, 6.07) is 10.5. The van der Waals surface area contributed by atoms with Crippen LogP contribution in [0.2, 0.25) is 0 Å². The zero-order valence-electron chi connectivity index (χ0n) is 11.5. The lowest BCUT2D eigenvalue weighted by molar-refractivity contribution is 0.139. The predicted octanol–water partition coefficient (Wildman–Crippen LogP) is 4.54. The van der Waals surface area contributed by atoms with Crippen molar-refractivity contribution in [2.24, 2.45) is 5.92 Å². The Morgan fingerprint density at radius 2 is 1.82 bits per heavy atom.